The second-order valence-electron chi connectivity index (χ2n) is 9.06. The van der Waals surface area contributed by atoms with Crippen LogP contribution in [0.4, 0.5) is 5.69 Å². The molecule has 6 heteroatoms. The lowest BCUT2D eigenvalue weighted by Crippen LogP contribution is -2.38. The number of piperidine rings is 1. The summed E-state index contributed by atoms with van der Waals surface area (Å²) in [6.45, 7) is 6.01. The van der Waals surface area contributed by atoms with Crippen molar-refractivity contribution in [2.75, 3.05) is 45.2 Å². The molecule has 3 aromatic rings. The molecule has 3 heterocycles. The SMILES string of the molecule is Cc1cccn2c([C@H](CC(=O)NCCN3CCCCC3)c3ccc(N(C)C)cc3)cnc12. The molecule has 1 fully saturated rings. The van der Waals surface area contributed by atoms with Crippen LogP contribution in [-0.2, 0) is 4.79 Å². The molecule has 0 radical (unpaired) electrons. The fourth-order valence-corrected chi connectivity index (χ4v) is 4.62. The quantitative estimate of drug-likeness (QED) is 0.587. The molecular formula is C26H35N5O. The molecule has 1 atom stereocenters. The Labute approximate surface area is 191 Å². The first-order valence-electron chi connectivity index (χ1n) is 11.7. The van der Waals surface area contributed by atoms with E-state index in [1.54, 1.807) is 0 Å². The van der Waals surface area contributed by atoms with Crippen LogP contribution < -0.4 is 10.2 Å². The van der Waals surface area contributed by atoms with Crippen molar-refractivity contribution in [2.45, 2.75) is 38.5 Å². The Kier molecular flexibility index (Phi) is 7.10. The van der Waals surface area contributed by atoms with Crippen LogP contribution in [0, 0.1) is 6.92 Å². The average Bonchev–Trinajstić information content (AvgIpc) is 3.23. The molecule has 0 unspecified atom stereocenters. The van der Waals surface area contributed by atoms with Gasteiger partial charge in [0.25, 0.3) is 0 Å². The number of amides is 1. The highest BCUT2D eigenvalue weighted by Gasteiger charge is 2.22. The fourth-order valence-electron chi connectivity index (χ4n) is 4.62. The monoisotopic (exact) mass is 433 g/mol. The van der Waals surface area contributed by atoms with E-state index in [1.165, 1.54) is 19.3 Å². The third-order valence-corrected chi connectivity index (χ3v) is 6.52. The normalized spacial score (nSPS) is 15.6. The molecule has 1 N–H and O–H groups in total. The van der Waals surface area contributed by atoms with Crippen LogP contribution in [0.1, 0.15) is 48.4 Å². The summed E-state index contributed by atoms with van der Waals surface area (Å²) in [5.74, 6) is 0.0318. The molecular weight excluding hydrogens is 398 g/mol. The molecule has 0 aliphatic carbocycles. The summed E-state index contributed by atoms with van der Waals surface area (Å²) in [5, 5.41) is 3.16. The minimum atomic E-state index is -0.0574. The maximum Gasteiger partial charge on any atom is 0.221 e. The number of benzene rings is 1. The van der Waals surface area contributed by atoms with Gasteiger partial charge in [-0.25, -0.2) is 4.98 Å². The predicted molar refractivity (Wildman–Crippen MR) is 130 cm³/mol. The Hall–Kier alpha value is -2.86. The maximum atomic E-state index is 13.0. The van der Waals surface area contributed by atoms with Gasteiger partial charge in [-0.15, -0.1) is 0 Å². The van der Waals surface area contributed by atoms with Gasteiger partial charge in [-0.3, -0.25) is 4.79 Å². The smallest absolute Gasteiger partial charge is 0.221 e. The second-order valence-corrected chi connectivity index (χ2v) is 9.06. The van der Waals surface area contributed by atoms with E-state index in [1.807, 2.05) is 32.6 Å². The number of hydrogen-bond donors (Lipinski definition) is 1. The van der Waals surface area contributed by atoms with Crippen molar-refractivity contribution in [3.8, 4) is 0 Å². The molecule has 2 aromatic heterocycles. The van der Waals surface area contributed by atoms with Gasteiger partial charge in [0.15, 0.2) is 0 Å². The van der Waals surface area contributed by atoms with Crippen molar-refractivity contribution >= 4 is 17.2 Å². The lowest BCUT2D eigenvalue weighted by atomic mass is 9.92. The van der Waals surface area contributed by atoms with Gasteiger partial charge in [0, 0.05) is 57.6 Å². The van der Waals surface area contributed by atoms with E-state index < -0.39 is 0 Å². The summed E-state index contributed by atoms with van der Waals surface area (Å²) < 4.78 is 2.13. The van der Waals surface area contributed by atoms with Gasteiger partial charge in [-0.05, 0) is 62.2 Å². The van der Waals surface area contributed by atoms with Crippen LogP contribution >= 0.6 is 0 Å². The number of rotatable bonds is 8. The van der Waals surface area contributed by atoms with E-state index >= 15 is 0 Å². The average molecular weight is 434 g/mol. The highest BCUT2D eigenvalue weighted by molar-refractivity contribution is 5.77. The molecule has 0 spiro atoms. The topological polar surface area (TPSA) is 52.9 Å². The molecule has 1 saturated heterocycles. The molecule has 1 aromatic carbocycles. The van der Waals surface area contributed by atoms with Crippen molar-refractivity contribution in [3.05, 3.63) is 65.6 Å². The summed E-state index contributed by atoms with van der Waals surface area (Å²) >= 11 is 0. The molecule has 32 heavy (non-hydrogen) atoms. The molecule has 0 saturated carbocycles. The van der Waals surface area contributed by atoms with E-state index in [0.29, 0.717) is 13.0 Å². The minimum Gasteiger partial charge on any atom is -0.378 e. The molecule has 6 nitrogen and oxygen atoms in total. The van der Waals surface area contributed by atoms with E-state index in [-0.39, 0.29) is 11.8 Å². The van der Waals surface area contributed by atoms with Crippen LogP contribution in [-0.4, -0.2) is 60.5 Å². The standard InChI is InChI=1S/C26H35N5O/c1-20-8-7-16-31-24(19-28-26(20)31)23(21-9-11-22(12-10-21)29(2)3)18-25(32)27-13-17-30-14-5-4-6-15-30/h7-12,16,19,23H,4-6,13-15,17-18H2,1-3H3,(H,27,32)/t23-/m1/s1. The summed E-state index contributed by atoms with van der Waals surface area (Å²) in [6.07, 6.45) is 8.24. The summed E-state index contributed by atoms with van der Waals surface area (Å²) in [5.41, 5.74) is 5.40. The van der Waals surface area contributed by atoms with Gasteiger partial charge in [0.1, 0.15) is 5.65 Å². The van der Waals surface area contributed by atoms with E-state index in [4.69, 9.17) is 0 Å². The third kappa shape index (κ3) is 5.13. The van der Waals surface area contributed by atoms with Gasteiger partial charge in [-0.2, -0.15) is 0 Å². The molecule has 1 aliphatic rings. The predicted octanol–water partition coefficient (Wildman–Crippen LogP) is 3.83. The van der Waals surface area contributed by atoms with Crippen molar-refractivity contribution in [3.63, 3.8) is 0 Å². The lowest BCUT2D eigenvalue weighted by molar-refractivity contribution is -0.121. The number of carbonyl (C=O) groups excluding carboxylic acids is 1. The third-order valence-electron chi connectivity index (χ3n) is 6.52. The Balaban J connectivity index is 1.53. The van der Waals surface area contributed by atoms with Crippen LogP contribution in [0.2, 0.25) is 0 Å². The number of likely N-dealkylation sites (tertiary alicyclic amines) is 1. The van der Waals surface area contributed by atoms with Crippen molar-refractivity contribution in [1.82, 2.24) is 19.6 Å². The van der Waals surface area contributed by atoms with Crippen LogP contribution in [0.5, 0.6) is 0 Å². The number of aryl methyl sites for hydroxylation is 1. The number of imidazole rings is 1. The number of hydrogen-bond acceptors (Lipinski definition) is 4. The van der Waals surface area contributed by atoms with E-state index in [9.17, 15) is 4.79 Å². The van der Waals surface area contributed by atoms with Crippen LogP contribution in [0.3, 0.4) is 0 Å². The highest BCUT2D eigenvalue weighted by atomic mass is 16.1. The van der Waals surface area contributed by atoms with Gasteiger partial charge in [-0.1, -0.05) is 24.6 Å². The molecule has 170 valence electrons. The van der Waals surface area contributed by atoms with E-state index in [2.05, 4.69) is 61.8 Å². The lowest BCUT2D eigenvalue weighted by Gasteiger charge is -2.26. The summed E-state index contributed by atoms with van der Waals surface area (Å²) in [4.78, 5) is 22.2. The fraction of sp³-hybridized carbons (Fsp3) is 0.462. The van der Waals surface area contributed by atoms with Crippen LogP contribution in [0.25, 0.3) is 5.65 Å². The number of aromatic nitrogens is 2. The number of nitrogens with one attached hydrogen (secondary N) is 1. The Morgan fingerprint density at radius 1 is 1.12 bits per heavy atom. The van der Waals surface area contributed by atoms with Crippen molar-refractivity contribution in [2.24, 2.45) is 0 Å². The van der Waals surface area contributed by atoms with Crippen molar-refractivity contribution in [1.29, 1.82) is 0 Å². The first kappa shape index (κ1) is 22.3. The zero-order chi connectivity index (χ0) is 22.5. The van der Waals surface area contributed by atoms with Crippen LogP contribution in [0.15, 0.2) is 48.8 Å². The largest absolute Gasteiger partial charge is 0.378 e. The first-order valence-corrected chi connectivity index (χ1v) is 11.7. The van der Waals surface area contributed by atoms with Gasteiger partial charge < -0.3 is 19.5 Å². The molecule has 1 amide bonds. The Morgan fingerprint density at radius 3 is 2.59 bits per heavy atom. The summed E-state index contributed by atoms with van der Waals surface area (Å²) in [7, 11) is 4.07. The molecule has 0 bridgehead atoms. The Bertz CT molecular complexity index is 1030. The maximum absolute atomic E-state index is 13.0. The zero-order valence-corrected chi connectivity index (χ0v) is 19.6. The number of pyridine rings is 1. The Morgan fingerprint density at radius 2 is 1.88 bits per heavy atom. The van der Waals surface area contributed by atoms with Gasteiger partial charge >= 0.3 is 0 Å². The number of fused-ring (bicyclic) bond motifs is 1. The summed E-state index contributed by atoms with van der Waals surface area (Å²) in [6, 6.07) is 12.6. The second kappa shape index (κ2) is 10.2. The van der Waals surface area contributed by atoms with E-state index in [0.717, 1.165) is 47.8 Å². The van der Waals surface area contributed by atoms with Crippen molar-refractivity contribution < 1.29 is 4.79 Å². The first-order chi connectivity index (χ1) is 15.5. The minimum absolute atomic E-state index is 0.0574. The number of nitrogens with zero attached hydrogens (tertiary/aromatic N) is 4. The number of anilines is 1. The highest BCUT2D eigenvalue weighted by Crippen LogP contribution is 2.30. The van der Waals surface area contributed by atoms with Gasteiger partial charge in [0.05, 0.1) is 5.69 Å². The zero-order valence-electron chi connectivity index (χ0n) is 19.6. The molecule has 4 rings (SSSR count). The van der Waals surface area contributed by atoms with Gasteiger partial charge in [0.2, 0.25) is 5.91 Å². The molecule has 1 aliphatic heterocycles. The number of carbonyl (C=O) groups is 1.